The number of ether oxygens (including phenoxy) is 1. The molecule has 31 heavy (non-hydrogen) atoms. The lowest BCUT2D eigenvalue weighted by molar-refractivity contribution is -0.119. The van der Waals surface area contributed by atoms with Gasteiger partial charge in [0.05, 0.1) is 10.7 Å². The van der Waals surface area contributed by atoms with Crippen molar-refractivity contribution >= 4 is 44.8 Å². The summed E-state index contributed by atoms with van der Waals surface area (Å²) >= 11 is 6.26. The van der Waals surface area contributed by atoms with Crippen LogP contribution in [0.3, 0.4) is 0 Å². The minimum atomic E-state index is -4.07. The highest BCUT2D eigenvalue weighted by Crippen LogP contribution is 2.38. The predicted octanol–water partition coefficient (Wildman–Crippen LogP) is 3.03. The zero-order valence-corrected chi connectivity index (χ0v) is 18.4. The van der Waals surface area contributed by atoms with Crippen LogP contribution in [0.1, 0.15) is 25.3 Å². The van der Waals surface area contributed by atoms with Crippen LogP contribution in [0, 0.1) is 0 Å². The number of hydrogen-bond donors (Lipinski definition) is 2. The fourth-order valence-electron chi connectivity index (χ4n) is 3.86. The number of para-hydroxylation sites is 1. The number of nitrogens with one attached hydrogen (secondary N) is 2. The minimum absolute atomic E-state index is 0.0491. The number of halogens is 1. The maximum atomic E-state index is 13.4. The number of sulfonamides is 1. The molecule has 8 nitrogen and oxygen atoms in total. The van der Waals surface area contributed by atoms with Crippen LogP contribution in [-0.2, 0) is 26.0 Å². The fourth-order valence-corrected chi connectivity index (χ4v) is 6.04. The standard InChI is InChI=1S/C21H22ClN3O5S/c1-2-13-6-3-4-7-15(13)24-21(27)17-8-5-9-25(17)31(28,29)19-11-18-16(10-14(19)22)23-20(26)12-30-18/h3-4,6-7,10-11,17H,2,5,8-9,12H2,1H3,(H,23,26)(H,24,27)/t17-/m1/s1. The largest absolute Gasteiger partial charge is 0.482 e. The number of rotatable bonds is 5. The van der Waals surface area contributed by atoms with Crippen LogP contribution in [0.5, 0.6) is 5.75 Å². The number of aryl methyl sites for hydroxylation is 1. The molecule has 2 aliphatic heterocycles. The van der Waals surface area contributed by atoms with E-state index in [4.69, 9.17) is 16.3 Å². The number of anilines is 2. The van der Waals surface area contributed by atoms with Crippen LogP contribution in [-0.4, -0.2) is 43.7 Å². The van der Waals surface area contributed by atoms with Crippen molar-refractivity contribution in [2.75, 3.05) is 23.8 Å². The van der Waals surface area contributed by atoms with E-state index in [0.717, 1.165) is 12.0 Å². The van der Waals surface area contributed by atoms with Gasteiger partial charge in [0.2, 0.25) is 15.9 Å². The van der Waals surface area contributed by atoms with E-state index in [1.165, 1.54) is 16.4 Å². The van der Waals surface area contributed by atoms with Gasteiger partial charge in [-0.25, -0.2) is 8.42 Å². The van der Waals surface area contributed by atoms with Crippen molar-refractivity contribution in [1.82, 2.24) is 4.31 Å². The molecule has 0 radical (unpaired) electrons. The van der Waals surface area contributed by atoms with Crippen molar-refractivity contribution in [3.05, 3.63) is 47.0 Å². The second-order valence-electron chi connectivity index (χ2n) is 7.39. The second kappa shape index (κ2) is 8.49. The Hall–Kier alpha value is -2.62. The number of benzene rings is 2. The molecule has 10 heteroatoms. The van der Waals surface area contributed by atoms with E-state index >= 15 is 0 Å². The van der Waals surface area contributed by atoms with E-state index in [9.17, 15) is 18.0 Å². The Labute approximate surface area is 185 Å². The lowest BCUT2D eigenvalue weighted by Crippen LogP contribution is -2.43. The highest BCUT2D eigenvalue weighted by atomic mass is 35.5. The summed E-state index contributed by atoms with van der Waals surface area (Å²) in [5, 5.41) is 5.42. The van der Waals surface area contributed by atoms with E-state index < -0.39 is 16.1 Å². The van der Waals surface area contributed by atoms with Crippen LogP contribution in [0.15, 0.2) is 41.3 Å². The van der Waals surface area contributed by atoms with E-state index in [-0.39, 0.29) is 40.6 Å². The van der Waals surface area contributed by atoms with Gasteiger partial charge < -0.3 is 15.4 Å². The molecule has 0 saturated carbocycles. The van der Waals surface area contributed by atoms with E-state index in [1.807, 2.05) is 25.1 Å². The van der Waals surface area contributed by atoms with Crippen LogP contribution in [0.4, 0.5) is 11.4 Å². The molecule has 1 fully saturated rings. The van der Waals surface area contributed by atoms with Gasteiger partial charge in [0.1, 0.15) is 16.7 Å². The van der Waals surface area contributed by atoms with Crippen molar-refractivity contribution in [1.29, 1.82) is 0 Å². The van der Waals surface area contributed by atoms with Gasteiger partial charge in [-0.3, -0.25) is 9.59 Å². The monoisotopic (exact) mass is 463 g/mol. The molecule has 0 unspecified atom stereocenters. The zero-order chi connectivity index (χ0) is 22.2. The molecule has 4 rings (SSSR count). The molecule has 0 aliphatic carbocycles. The van der Waals surface area contributed by atoms with Gasteiger partial charge in [-0.1, -0.05) is 36.7 Å². The Morgan fingerprint density at radius 2 is 2.10 bits per heavy atom. The SMILES string of the molecule is CCc1ccccc1NC(=O)[C@H]1CCCN1S(=O)(=O)c1cc2c(cc1Cl)NC(=O)CO2. The van der Waals surface area contributed by atoms with Crippen LogP contribution < -0.4 is 15.4 Å². The molecule has 0 bridgehead atoms. The summed E-state index contributed by atoms with van der Waals surface area (Å²) in [6, 6.07) is 9.24. The van der Waals surface area contributed by atoms with E-state index in [1.54, 1.807) is 6.07 Å². The van der Waals surface area contributed by atoms with Crippen molar-refractivity contribution in [3.63, 3.8) is 0 Å². The third-order valence-corrected chi connectivity index (χ3v) is 7.79. The van der Waals surface area contributed by atoms with Gasteiger partial charge in [0.15, 0.2) is 6.61 Å². The number of hydrogen-bond acceptors (Lipinski definition) is 5. The van der Waals surface area contributed by atoms with Gasteiger partial charge in [-0.15, -0.1) is 0 Å². The lowest BCUT2D eigenvalue weighted by Gasteiger charge is -2.25. The predicted molar refractivity (Wildman–Crippen MR) is 117 cm³/mol. The Balaban J connectivity index is 1.62. The normalized spacial score (nSPS) is 18.8. The summed E-state index contributed by atoms with van der Waals surface area (Å²) in [6.45, 7) is 1.99. The van der Waals surface area contributed by atoms with Crippen molar-refractivity contribution in [2.45, 2.75) is 37.1 Å². The van der Waals surface area contributed by atoms with Crippen molar-refractivity contribution in [3.8, 4) is 5.75 Å². The van der Waals surface area contributed by atoms with Gasteiger partial charge in [0.25, 0.3) is 5.91 Å². The first-order valence-electron chi connectivity index (χ1n) is 9.98. The first-order valence-corrected chi connectivity index (χ1v) is 11.8. The molecular weight excluding hydrogens is 442 g/mol. The average molecular weight is 464 g/mol. The molecule has 2 heterocycles. The summed E-state index contributed by atoms with van der Waals surface area (Å²) in [5.41, 5.74) is 1.96. The summed E-state index contributed by atoms with van der Waals surface area (Å²) in [6.07, 6.45) is 1.71. The molecule has 2 N–H and O–H groups in total. The minimum Gasteiger partial charge on any atom is -0.482 e. The van der Waals surface area contributed by atoms with Crippen LogP contribution >= 0.6 is 11.6 Å². The van der Waals surface area contributed by atoms with Crippen LogP contribution in [0.25, 0.3) is 0 Å². The average Bonchev–Trinajstić information content (AvgIpc) is 3.24. The van der Waals surface area contributed by atoms with Crippen molar-refractivity contribution < 1.29 is 22.7 Å². The maximum Gasteiger partial charge on any atom is 0.262 e. The number of nitrogens with zero attached hydrogens (tertiary/aromatic N) is 1. The number of fused-ring (bicyclic) bond motifs is 1. The Bertz CT molecular complexity index is 1150. The summed E-state index contributed by atoms with van der Waals surface area (Å²) in [7, 11) is -4.07. The summed E-state index contributed by atoms with van der Waals surface area (Å²) in [4.78, 5) is 24.3. The highest BCUT2D eigenvalue weighted by molar-refractivity contribution is 7.89. The molecular formula is C21H22ClN3O5S. The fraction of sp³-hybridized carbons (Fsp3) is 0.333. The molecule has 0 spiro atoms. The topological polar surface area (TPSA) is 105 Å². The molecule has 1 saturated heterocycles. The van der Waals surface area contributed by atoms with Crippen LogP contribution in [0.2, 0.25) is 5.02 Å². The summed E-state index contributed by atoms with van der Waals surface area (Å²) < 4.78 is 33.4. The first-order chi connectivity index (χ1) is 14.8. The third kappa shape index (κ3) is 4.13. The van der Waals surface area contributed by atoms with Gasteiger partial charge in [0, 0.05) is 18.3 Å². The Morgan fingerprint density at radius 1 is 1.32 bits per heavy atom. The third-order valence-electron chi connectivity index (χ3n) is 5.42. The quantitative estimate of drug-likeness (QED) is 0.709. The maximum absolute atomic E-state index is 13.4. The zero-order valence-electron chi connectivity index (χ0n) is 16.9. The Kier molecular flexibility index (Phi) is 5.92. The van der Waals surface area contributed by atoms with Gasteiger partial charge in [-0.05, 0) is 37.0 Å². The highest BCUT2D eigenvalue weighted by Gasteiger charge is 2.41. The van der Waals surface area contributed by atoms with E-state index in [2.05, 4.69) is 10.6 Å². The molecule has 2 aromatic carbocycles. The lowest BCUT2D eigenvalue weighted by atomic mass is 10.1. The number of carbonyl (C=O) groups is 2. The van der Waals surface area contributed by atoms with Gasteiger partial charge >= 0.3 is 0 Å². The molecule has 2 aromatic rings. The number of carbonyl (C=O) groups excluding carboxylic acids is 2. The molecule has 2 aliphatic rings. The van der Waals surface area contributed by atoms with Gasteiger partial charge in [-0.2, -0.15) is 4.31 Å². The molecule has 164 valence electrons. The first kappa shape index (κ1) is 21.6. The van der Waals surface area contributed by atoms with Crippen molar-refractivity contribution in [2.24, 2.45) is 0 Å². The molecule has 1 atom stereocenters. The Morgan fingerprint density at radius 3 is 2.87 bits per heavy atom. The van der Waals surface area contributed by atoms with E-state index in [0.29, 0.717) is 24.2 Å². The summed E-state index contributed by atoms with van der Waals surface area (Å²) in [5.74, 6) is -0.498. The smallest absolute Gasteiger partial charge is 0.262 e. The second-order valence-corrected chi connectivity index (χ2v) is 9.66. The number of amides is 2. The molecule has 2 amide bonds. The molecule has 0 aromatic heterocycles.